The monoisotopic (exact) mass is 428 g/mol. The van der Waals surface area contributed by atoms with Gasteiger partial charge in [-0.25, -0.2) is 4.98 Å². The highest BCUT2D eigenvalue weighted by molar-refractivity contribution is 5.94. The van der Waals surface area contributed by atoms with E-state index in [1.54, 1.807) is 0 Å². The number of aromatic amines is 1. The molecule has 3 amide bonds. The second-order valence-corrected chi connectivity index (χ2v) is 6.38. The number of amides is 3. The molecule has 0 aliphatic rings. The van der Waals surface area contributed by atoms with Crippen molar-refractivity contribution in [2.45, 2.75) is 44.0 Å². The smallest absolute Gasteiger partial charge is 0.322 e. The molecule has 9 N–H and O–H groups in total. The van der Waals surface area contributed by atoms with Crippen LogP contribution in [0.15, 0.2) is 12.5 Å². The Morgan fingerprint density at radius 1 is 1.10 bits per heavy atom. The highest BCUT2D eigenvalue weighted by Gasteiger charge is 2.31. The molecular weight excluding hydrogens is 404 g/mol. The van der Waals surface area contributed by atoms with E-state index in [0.717, 1.165) is 0 Å². The fourth-order valence-corrected chi connectivity index (χ4v) is 2.32. The summed E-state index contributed by atoms with van der Waals surface area (Å²) in [6, 6.07) is -4.23. The topological polar surface area (TPSA) is 237 Å². The fourth-order valence-electron chi connectivity index (χ4n) is 2.32. The average Bonchev–Trinajstić information content (AvgIpc) is 3.15. The van der Waals surface area contributed by atoms with E-state index in [2.05, 4.69) is 20.6 Å². The van der Waals surface area contributed by atoms with E-state index in [4.69, 9.17) is 15.9 Å². The van der Waals surface area contributed by atoms with Crippen LogP contribution >= 0.6 is 0 Å². The lowest BCUT2D eigenvalue weighted by Crippen LogP contribution is -2.59. The number of H-pyrrole nitrogens is 1. The number of aliphatic hydroxyl groups is 1. The maximum Gasteiger partial charge on any atom is 0.322 e. The predicted octanol–water partition coefficient (Wildman–Crippen LogP) is -3.69. The van der Waals surface area contributed by atoms with Gasteiger partial charge in [-0.2, -0.15) is 0 Å². The third-order valence-corrected chi connectivity index (χ3v) is 3.82. The van der Waals surface area contributed by atoms with E-state index in [1.807, 2.05) is 5.32 Å². The van der Waals surface area contributed by atoms with Crippen LogP contribution in [0.1, 0.15) is 19.0 Å². The van der Waals surface area contributed by atoms with Crippen LogP contribution in [0, 0.1) is 0 Å². The summed E-state index contributed by atoms with van der Waals surface area (Å²) in [5, 5.41) is 33.7. The summed E-state index contributed by atoms with van der Waals surface area (Å²) in [6.07, 6.45) is 0.550. The first-order valence-electron chi connectivity index (χ1n) is 8.74. The lowest BCUT2D eigenvalue weighted by atomic mass is 10.1. The number of imidazole rings is 1. The van der Waals surface area contributed by atoms with Crippen LogP contribution in [0.2, 0.25) is 0 Å². The van der Waals surface area contributed by atoms with Crippen molar-refractivity contribution < 1.29 is 39.3 Å². The van der Waals surface area contributed by atoms with E-state index >= 15 is 0 Å². The number of aromatic nitrogens is 2. The third kappa shape index (κ3) is 8.24. The summed E-state index contributed by atoms with van der Waals surface area (Å²) in [4.78, 5) is 64.7. The van der Waals surface area contributed by atoms with E-state index in [9.17, 15) is 29.1 Å². The van der Waals surface area contributed by atoms with Gasteiger partial charge in [-0.15, -0.1) is 0 Å². The van der Waals surface area contributed by atoms with Crippen LogP contribution in [0.3, 0.4) is 0 Å². The number of carboxylic acids is 2. The van der Waals surface area contributed by atoms with Crippen LogP contribution in [0.5, 0.6) is 0 Å². The highest BCUT2D eigenvalue weighted by Crippen LogP contribution is 2.03. The van der Waals surface area contributed by atoms with Crippen molar-refractivity contribution in [2.75, 3.05) is 6.54 Å². The first-order chi connectivity index (χ1) is 14.0. The quantitative estimate of drug-likeness (QED) is 0.162. The number of carbonyl (C=O) groups is 5. The van der Waals surface area contributed by atoms with Crippen LogP contribution in [0.25, 0.3) is 0 Å². The van der Waals surface area contributed by atoms with Crippen LogP contribution < -0.4 is 21.7 Å². The van der Waals surface area contributed by atoms with Gasteiger partial charge in [-0.3, -0.25) is 24.0 Å². The number of hydrogen-bond donors (Lipinski definition) is 8. The van der Waals surface area contributed by atoms with Crippen molar-refractivity contribution in [3.05, 3.63) is 18.2 Å². The van der Waals surface area contributed by atoms with Gasteiger partial charge in [0.1, 0.15) is 18.6 Å². The Morgan fingerprint density at radius 2 is 1.77 bits per heavy atom. The molecule has 30 heavy (non-hydrogen) atoms. The number of carboxylic acid groups (broad SMARTS) is 2. The third-order valence-electron chi connectivity index (χ3n) is 3.82. The predicted molar refractivity (Wildman–Crippen MR) is 98.7 cm³/mol. The minimum Gasteiger partial charge on any atom is -0.481 e. The van der Waals surface area contributed by atoms with Gasteiger partial charge in [0, 0.05) is 18.3 Å². The molecule has 1 aromatic heterocycles. The SMILES string of the molecule is CC(O)C(NC(=O)C(Cc1cnc[nH]1)NC(=O)C(N)CC(=O)O)C(=O)NCC(=O)O. The van der Waals surface area contributed by atoms with Gasteiger partial charge in [0.2, 0.25) is 17.7 Å². The van der Waals surface area contributed by atoms with Crippen molar-refractivity contribution in [1.82, 2.24) is 25.9 Å². The molecule has 0 aliphatic carbocycles. The summed E-state index contributed by atoms with van der Waals surface area (Å²) in [5.74, 6) is -5.39. The van der Waals surface area contributed by atoms with Gasteiger partial charge >= 0.3 is 11.9 Å². The summed E-state index contributed by atoms with van der Waals surface area (Å²) in [6.45, 7) is 0.479. The van der Waals surface area contributed by atoms with Gasteiger partial charge in [0.05, 0.1) is 24.9 Å². The molecule has 0 fully saturated rings. The molecule has 14 nitrogen and oxygen atoms in total. The number of nitrogens with one attached hydrogen (secondary N) is 4. The van der Waals surface area contributed by atoms with Gasteiger partial charge in [0.25, 0.3) is 0 Å². The number of aliphatic hydroxyl groups excluding tert-OH is 1. The number of nitrogens with two attached hydrogens (primary N) is 1. The molecule has 4 atom stereocenters. The Morgan fingerprint density at radius 3 is 2.27 bits per heavy atom. The first-order valence-corrected chi connectivity index (χ1v) is 8.74. The number of carbonyl (C=O) groups excluding carboxylic acids is 3. The fraction of sp³-hybridized carbons (Fsp3) is 0.500. The zero-order chi connectivity index (χ0) is 22.8. The maximum absolute atomic E-state index is 12.7. The average molecular weight is 428 g/mol. The Bertz CT molecular complexity index is 766. The van der Waals surface area contributed by atoms with E-state index in [1.165, 1.54) is 19.4 Å². The largest absolute Gasteiger partial charge is 0.481 e. The molecule has 0 spiro atoms. The van der Waals surface area contributed by atoms with Crippen LogP contribution in [-0.4, -0.2) is 85.7 Å². The molecule has 0 radical (unpaired) electrons. The number of aliphatic carboxylic acids is 2. The molecule has 14 heteroatoms. The van der Waals surface area contributed by atoms with Crippen molar-refractivity contribution in [2.24, 2.45) is 5.73 Å². The Kier molecular flexibility index (Phi) is 9.38. The summed E-state index contributed by atoms with van der Waals surface area (Å²) < 4.78 is 0. The van der Waals surface area contributed by atoms with E-state index in [-0.39, 0.29) is 6.42 Å². The molecular formula is C16H24N6O8. The van der Waals surface area contributed by atoms with Gasteiger partial charge in [-0.1, -0.05) is 0 Å². The second kappa shape index (κ2) is 11.5. The lowest BCUT2D eigenvalue weighted by Gasteiger charge is -2.25. The van der Waals surface area contributed by atoms with Gasteiger partial charge < -0.3 is 42.0 Å². The molecule has 1 aromatic rings. The number of hydrogen-bond acceptors (Lipinski definition) is 8. The van der Waals surface area contributed by atoms with Gasteiger partial charge in [0.15, 0.2) is 0 Å². The lowest BCUT2D eigenvalue weighted by molar-refractivity contribution is -0.140. The van der Waals surface area contributed by atoms with Crippen molar-refractivity contribution in [1.29, 1.82) is 0 Å². The summed E-state index contributed by atoms with van der Waals surface area (Å²) in [5.41, 5.74) is 5.94. The van der Waals surface area contributed by atoms with Crippen LogP contribution in [-0.2, 0) is 30.4 Å². The van der Waals surface area contributed by atoms with Crippen molar-refractivity contribution in [3.8, 4) is 0 Å². The normalized spacial score (nSPS) is 14.6. The number of rotatable bonds is 12. The maximum atomic E-state index is 12.7. The molecule has 4 unspecified atom stereocenters. The zero-order valence-corrected chi connectivity index (χ0v) is 16.0. The minimum atomic E-state index is -1.51. The molecule has 0 aromatic carbocycles. The van der Waals surface area contributed by atoms with E-state index < -0.39 is 66.9 Å². The zero-order valence-electron chi connectivity index (χ0n) is 16.0. The second-order valence-electron chi connectivity index (χ2n) is 6.38. The summed E-state index contributed by atoms with van der Waals surface area (Å²) >= 11 is 0. The number of nitrogens with zero attached hydrogens (tertiary/aromatic N) is 1. The Balaban J connectivity index is 2.93. The molecule has 0 aliphatic heterocycles. The molecule has 166 valence electrons. The first kappa shape index (κ1) is 24.5. The van der Waals surface area contributed by atoms with Gasteiger partial charge in [-0.05, 0) is 6.92 Å². The van der Waals surface area contributed by atoms with Crippen molar-refractivity contribution >= 4 is 29.7 Å². The van der Waals surface area contributed by atoms with Crippen molar-refractivity contribution in [3.63, 3.8) is 0 Å². The molecule has 0 bridgehead atoms. The minimum absolute atomic E-state index is 0.110. The Labute approximate surface area is 170 Å². The summed E-state index contributed by atoms with van der Waals surface area (Å²) in [7, 11) is 0. The molecule has 1 rings (SSSR count). The molecule has 0 saturated carbocycles. The Hall–Kier alpha value is -3.52. The molecule has 1 heterocycles. The highest BCUT2D eigenvalue weighted by atomic mass is 16.4. The van der Waals surface area contributed by atoms with Crippen LogP contribution in [0.4, 0.5) is 0 Å². The molecule has 0 saturated heterocycles. The van der Waals surface area contributed by atoms with E-state index in [0.29, 0.717) is 5.69 Å². The standard InChI is InChI=1S/C16H24N6O8/c1-7(23)13(16(30)19-5-12(26)27)22-15(29)10(2-8-4-18-6-20-8)21-14(28)9(17)3-11(24)25/h4,6-7,9-10,13,23H,2-3,5,17H2,1H3,(H,18,20)(H,19,30)(H,21,28)(H,22,29)(H,24,25)(H,26,27).